The van der Waals surface area contributed by atoms with Crippen molar-refractivity contribution >= 4 is 11.5 Å². The number of halogens is 3. The van der Waals surface area contributed by atoms with Gasteiger partial charge in [0.25, 0.3) is 0 Å². The average molecular weight is 338 g/mol. The van der Waals surface area contributed by atoms with Crippen molar-refractivity contribution in [1.82, 2.24) is 0 Å². The maximum atomic E-state index is 13.2. The minimum absolute atomic E-state index is 0.141. The van der Waals surface area contributed by atoms with E-state index in [9.17, 15) is 18.0 Å². The molecule has 0 aromatic heterocycles. The minimum Gasteiger partial charge on any atom is -0.368 e. The molecule has 0 aliphatic heterocycles. The summed E-state index contributed by atoms with van der Waals surface area (Å²) >= 11 is 0. The summed E-state index contributed by atoms with van der Waals surface area (Å²) in [5.41, 5.74) is -1.53. The van der Waals surface area contributed by atoms with E-state index < -0.39 is 17.2 Å². The van der Waals surface area contributed by atoms with Crippen LogP contribution >= 0.6 is 0 Å². The molecule has 1 aliphatic carbocycles. The van der Waals surface area contributed by atoms with Crippen LogP contribution in [0.4, 0.5) is 18.9 Å². The van der Waals surface area contributed by atoms with Gasteiger partial charge in [-0.15, -0.1) is 0 Å². The molecule has 1 saturated carbocycles. The second-order valence-electron chi connectivity index (χ2n) is 6.68. The highest BCUT2D eigenvalue weighted by molar-refractivity contribution is 5.86. The average Bonchev–Trinajstić information content (AvgIpc) is 2.51. The Morgan fingerprint density at radius 3 is 2.58 bits per heavy atom. The quantitative estimate of drug-likeness (QED) is 0.812. The molecule has 2 rings (SSSR count). The molecule has 0 N–H and O–H groups in total. The van der Waals surface area contributed by atoms with Gasteiger partial charge in [0, 0.05) is 30.1 Å². The smallest absolute Gasteiger partial charge is 0.368 e. The number of nitriles is 1. The molecule has 0 radical (unpaired) electrons. The zero-order valence-electron chi connectivity index (χ0n) is 14.1. The van der Waals surface area contributed by atoms with Gasteiger partial charge >= 0.3 is 6.18 Å². The summed E-state index contributed by atoms with van der Waals surface area (Å²) in [6.45, 7) is 6.07. The lowest BCUT2D eigenvalue weighted by Gasteiger charge is -2.45. The van der Waals surface area contributed by atoms with Gasteiger partial charge in [-0.1, -0.05) is 13.8 Å². The van der Waals surface area contributed by atoms with Crippen LogP contribution in [0.25, 0.3) is 0 Å². The van der Waals surface area contributed by atoms with Gasteiger partial charge in [-0.2, -0.15) is 18.4 Å². The second kappa shape index (κ2) is 6.46. The van der Waals surface area contributed by atoms with E-state index in [1.54, 1.807) is 6.07 Å². The number of hydrogen-bond acceptors (Lipinski definition) is 3. The van der Waals surface area contributed by atoms with Gasteiger partial charge in [0.15, 0.2) is 0 Å². The van der Waals surface area contributed by atoms with E-state index in [1.807, 2.05) is 25.7 Å². The maximum Gasteiger partial charge on any atom is 0.417 e. The number of benzene rings is 1. The summed E-state index contributed by atoms with van der Waals surface area (Å²) < 4.78 is 39.6. The van der Waals surface area contributed by atoms with Crippen LogP contribution in [0.2, 0.25) is 0 Å². The number of alkyl halides is 3. The molecule has 1 aromatic carbocycles. The number of hydrogen-bond donors (Lipinski definition) is 0. The lowest BCUT2D eigenvalue weighted by Crippen LogP contribution is -2.51. The van der Waals surface area contributed by atoms with E-state index in [4.69, 9.17) is 5.26 Å². The first-order valence-corrected chi connectivity index (χ1v) is 8.04. The number of Topliss-reactive ketones (excluding diaryl/α,β-unsaturated/α-hetero) is 1. The van der Waals surface area contributed by atoms with E-state index in [0.29, 0.717) is 18.7 Å². The molecule has 1 unspecified atom stereocenters. The van der Waals surface area contributed by atoms with Crippen LogP contribution in [0.1, 0.15) is 51.2 Å². The molecule has 1 aliphatic rings. The number of rotatable bonds is 3. The number of ketones is 1. The zero-order valence-corrected chi connectivity index (χ0v) is 14.1. The third-order valence-corrected chi connectivity index (χ3v) is 4.91. The van der Waals surface area contributed by atoms with Crippen molar-refractivity contribution in [2.75, 3.05) is 11.4 Å². The Hall–Kier alpha value is -2.03. The fourth-order valence-electron chi connectivity index (χ4n) is 3.50. The predicted octanol–water partition coefficient (Wildman–Crippen LogP) is 4.55. The van der Waals surface area contributed by atoms with Crippen LogP contribution in [0.3, 0.4) is 0 Å². The van der Waals surface area contributed by atoms with Gasteiger partial charge in [-0.25, -0.2) is 0 Å². The number of nitrogens with zero attached hydrogens (tertiary/aromatic N) is 2. The zero-order chi connectivity index (χ0) is 18.1. The van der Waals surface area contributed by atoms with Crippen molar-refractivity contribution in [2.45, 2.75) is 52.3 Å². The first kappa shape index (κ1) is 18.3. The monoisotopic (exact) mass is 338 g/mol. The molecule has 130 valence electrons. The molecule has 1 atom stereocenters. The van der Waals surface area contributed by atoms with E-state index in [2.05, 4.69) is 0 Å². The van der Waals surface area contributed by atoms with Crippen molar-refractivity contribution in [3.63, 3.8) is 0 Å². The van der Waals surface area contributed by atoms with Crippen LogP contribution in [0, 0.1) is 16.7 Å². The Bertz CT molecular complexity index is 674. The van der Waals surface area contributed by atoms with Crippen LogP contribution in [0.15, 0.2) is 18.2 Å². The molecular formula is C18H21F3N2O. The predicted molar refractivity (Wildman–Crippen MR) is 85.6 cm³/mol. The summed E-state index contributed by atoms with van der Waals surface area (Å²) in [7, 11) is 0. The van der Waals surface area contributed by atoms with Crippen LogP contribution in [-0.4, -0.2) is 18.4 Å². The standard InChI is InChI=1S/C18H21F3N2O/c1-4-23(15-6-5-7-16(24)17(15,2)3)13-9-8-12(11-22)14(10-13)18(19,20)21/h8-10,15H,4-7H2,1-3H3. The highest BCUT2D eigenvalue weighted by atomic mass is 19.4. The van der Waals surface area contributed by atoms with Crippen molar-refractivity contribution < 1.29 is 18.0 Å². The third kappa shape index (κ3) is 3.26. The lowest BCUT2D eigenvalue weighted by molar-refractivity contribution is -0.137. The Kier molecular flexibility index (Phi) is 4.93. The Labute approximate surface area is 140 Å². The highest BCUT2D eigenvalue weighted by Crippen LogP contribution is 2.40. The first-order chi connectivity index (χ1) is 11.1. The Balaban J connectivity index is 2.48. The molecule has 6 heteroatoms. The van der Waals surface area contributed by atoms with Crippen molar-refractivity contribution in [3.8, 4) is 6.07 Å². The van der Waals surface area contributed by atoms with Crippen LogP contribution in [0.5, 0.6) is 0 Å². The molecule has 1 aromatic rings. The molecule has 0 bridgehead atoms. The summed E-state index contributed by atoms with van der Waals surface area (Å²) in [5.74, 6) is 0.141. The second-order valence-corrected chi connectivity index (χ2v) is 6.68. The molecule has 0 amide bonds. The summed E-state index contributed by atoms with van der Waals surface area (Å²) in [6.07, 6.45) is -2.57. The first-order valence-electron chi connectivity index (χ1n) is 8.04. The number of carbonyl (C=O) groups is 1. The summed E-state index contributed by atoms with van der Waals surface area (Å²) in [5, 5.41) is 8.93. The molecule has 0 saturated heterocycles. The third-order valence-electron chi connectivity index (χ3n) is 4.91. The van der Waals surface area contributed by atoms with Crippen molar-refractivity contribution in [3.05, 3.63) is 29.3 Å². The van der Waals surface area contributed by atoms with E-state index >= 15 is 0 Å². The summed E-state index contributed by atoms with van der Waals surface area (Å²) in [4.78, 5) is 14.1. The van der Waals surface area contributed by atoms with Gasteiger partial charge in [0.2, 0.25) is 0 Å². The number of carbonyl (C=O) groups excluding carboxylic acids is 1. The Morgan fingerprint density at radius 1 is 1.38 bits per heavy atom. The highest BCUT2D eigenvalue weighted by Gasteiger charge is 2.42. The number of anilines is 1. The van der Waals surface area contributed by atoms with Crippen molar-refractivity contribution in [1.29, 1.82) is 5.26 Å². The Morgan fingerprint density at radius 2 is 2.04 bits per heavy atom. The van der Waals surface area contributed by atoms with Gasteiger partial charge in [0.05, 0.1) is 17.2 Å². The topological polar surface area (TPSA) is 44.1 Å². The van der Waals surface area contributed by atoms with Crippen LogP contribution in [-0.2, 0) is 11.0 Å². The van der Waals surface area contributed by atoms with Crippen molar-refractivity contribution in [2.24, 2.45) is 5.41 Å². The molecule has 24 heavy (non-hydrogen) atoms. The molecule has 1 fully saturated rings. The largest absolute Gasteiger partial charge is 0.417 e. The molecule has 3 nitrogen and oxygen atoms in total. The summed E-state index contributed by atoms with van der Waals surface area (Å²) in [6, 6.07) is 5.21. The molecule has 0 spiro atoms. The van der Waals surface area contributed by atoms with Gasteiger partial charge in [-0.05, 0) is 38.0 Å². The van der Waals surface area contributed by atoms with E-state index in [-0.39, 0.29) is 17.4 Å². The lowest BCUT2D eigenvalue weighted by atomic mass is 9.71. The van der Waals surface area contributed by atoms with E-state index in [0.717, 1.165) is 18.9 Å². The van der Waals surface area contributed by atoms with Gasteiger partial charge in [0.1, 0.15) is 5.78 Å². The maximum absolute atomic E-state index is 13.2. The fraction of sp³-hybridized carbons (Fsp3) is 0.556. The fourth-order valence-corrected chi connectivity index (χ4v) is 3.50. The molecular weight excluding hydrogens is 317 g/mol. The SMILES string of the molecule is CCN(c1ccc(C#N)c(C(F)(F)F)c1)C1CCCC(=O)C1(C)C. The molecule has 0 heterocycles. The normalized spacial score (nSPS) is 20.5. The minimum atomic E-state index is -4.58. The van der Waals surface area contributed by atoms with Gasteiger partial charge < -0.3 is 4.90 Å². The van der Waals surface area contributed by atoms with E-state index in [1.165, 1.54) is 12.1 Å². The van der Waals surface area contributed by atoms with Gasteiger partial charge in [-0.3, -0.25) is 4.79 Å². The van der Waals surface area contributed by atoms with Crippen LogP contribution < -0.4 is 4.90 Å².